The molecule has 0 aliphatic heterocycles. The van der Waals surface area contributed by atoms with Crippen LogP contribution in [0.5, 0.6) is 5.75 Å². The number of aromatic hydroxyl groups is 1. The molecule has 0 atom stereocenters. The van der Waals surface area contributed by atoms with Gasteiger partial charge in [0.1, 0.15) is 5.75 Å². The normalized spacial score (nSPS) is 10.4. The fourth-order valence-corrected chi connectivity index (χ4v) is 2.36. The van der Waals surface area contributed by atoms with Gasteiger partial charge in [-0.3, -0.25) is 5.32 Å². The van der Waals surface area contributed by atoms with Gasteiger partial charge >= 0.3 is 6.03 Å². The van der Waals surface area contributed by atoms with E-state index in [1.807, 2.05) is 43.3 Å². The topological polar surface area (TPSA) is 117 Å². The average Bonchev–Trinajstić information content (AvgIpc) is 2.61. The van der Waals surface area contributed by atoms with Crippen LogP contribution in [0.25, 0.3) is 22.8 Å². The first-order valence-electron chi connectivity index (χ1n) is 7.82. The average molecular weight is 350 g/mol. The van der Waals surface area contributed by atoms with Crippen molar-refractivity contribution in [3.8, 4) is 28.5 Å². The van der Waals surface area contributed by atoms with Crippen LogP contribution in [0.1, 0.15) is 0 Å². The van der Waals surface area contributed by atoms with Crippen LogP contribution in [-0.2, 0) is 0 Å². The number of nitrogens with two attached hydrogens (primary N) is 1. The zero-order valence-electron chi connectivity index (χ0n) is 14.3. The zero-order chi connectivity index (χ0) is 18.7. The summed E-state index contributed by atoms with van der Waals surface area (Å²) in [6.45, 7) is 0. The lowest BCUT2D eigenvalue weighted by atomic mass is 10.1. The highest BCUT2D eigenvalue weighted by atomic mass is 16.3. The standard InChI is InChI=1S/C18H18N6O2/c1-24(2)12-9-7-11(8-10-12)15-20-16(13-5-3-4-6-14(13)25)22-18(21-15)23-17(19)26/h3-10,25H,1-2H3,(H3,19,20,21,22,23,26). The van der Waals surface area contributed by atoms with E-state index in [1.54, 1.807) is 18.2 Å². The second-order valence-corrected chi connectivity index (χ2v) is 5.75. The molecule has 8 heteroatoms. The number of hydrogen-bond donors (Lipinski definition) is 3. The summed E-state index contributed by atoms with van der Waals surface area (Å²) >= 11 is 0. The molecule has 3 rings (SSSR count). The van der Waals surface area contributed by atoms with E-state index >= 15 is 0 Å². The highest BCUT2D eigenvalue weighted by molar-refractivity contribution is 5.86. The van der Waals surface area contributed by atoms with E-state index in [1.165, 1.54) is 6.07 Å². The van der Waals surface area contributed by atoms with Gasteiger partial charge in [0.25, 0.3) is 0 Å². The number of nitrogens with zero attached hydrogens (tertiary/aromatic N) is 4. The molecule has 0 aliphatic rings. The first kappa shape index (κ1) is 17.2. The van der Waals surface area contributed by atoms with Crippen molar-refractivity contribution in [1.29, 1.82) is 0 Å². The molecule has 2 amide bonds. The second-order valence-electron chi connectivity index (χ2n) is 5.75. The number of phenolic OH excluding ortho intramolecular Hbond substituents is 1. The van der Waals surface area contributed by atoms with Gasteiger partial charge in [-0.15, -0.1) is 0 Å². The fraction of sp³-hybridized carbons (Fsp3) is 0.111. The predicted octanol–water partition coefficient (Wildman–Crippen LogP) is 2.47. The van der Waals surface area contributed by atoms with Crippen molar-refractivity contribution < 1.29 is 9.90 Å². The van der Waals surface area contributed by atoms with Gasteiger partial charge in [0.15, 0.2) is 11.6 Å². The minimum atomic E-state index is -0.784. The van der Waals surface area contributed by atoms with Crippen LogP contribution in [0.15, 0.2) is 48.5 Å². The van der Waals surface area contributed by atoms with Gasteiger partial charge in [-0.2, -0.15) is 9.97 Å². The number of hydrogen-bond acceptors (Lipinski definition) is 6. The second kappa shape index (κ2) is 7.06. The van der Waals surface area contributed by atoms with Crippen LogP contribution < -0.4 is 16.0 Å². The van der Waals surface area contributed by atoms with Crippen LogP contribution in [-0.4, -0.2) is 40.2 Å². The third-order valence-corrected chi connectivity index (χ3v) is 3.66. The maximum atomic E-state index is 11.2. The number of nitrogens with one attached hydrogen (secondary N) is 1. The van der Waals surface area contributed by atoms with Crippen molar-refractivity contribution in [3.05, 3.63) is 48.5 Å². The molecule has 8 nitrogen and oxygen atoms in total. The highest BCUT2D eigenvalue weighted by Crippen LogP contribution is 2.28. The van der Waals surface area contributed by atoms with Crippen molar-refractivity contribution in [2.24, 2.45) is 5.73 Å². The van der Waals surface area contributed by atoms with Gasteiger partial charge in [-0.25, -0.2) is 9.78 Å². The molecule has 2 aromatic carbocycles. The molecular formula is C18H18N6O2. The first-order chi connectivity index (χ1) is 12.4. The van der Waals surface area contributed by atoms with Crippen molar-refractivity contribution in [1.82, 2.24) is 15.0 Å². The lowest BCUT2D eigenvalue weighted by Gasteiger charge is -2.13. The summed E-state index contributed by atoms with van der Waals surface area (Å²) in [5, 5.41) is 12.4. The molecule has 0 saturated heterocycles. The summed E-state index contributed by atoms with van der Waals surface area (Å²) in [6, 6.07) is 13.5. The summed E-state index contributed by atoms with van der Waals surface area (Å²) in [6.07, 6.45) is 0. The molecule has 1 heterocycles. The number of anilines is 2. The maximum Gasteiger partial charge on any atom is 0.319 e. The van der Waals surface area contributed by atoms with Gasteiger partial charge in [-0.1, -0.05) is 12.1 Å². The number of urea groups is 1. The van der Waals surface area contributed by atoms with Gasteiger partial charge in [-0.05, 0) is 36.4 Å². The van der Waals surface area contributed by atoms with E-state index in [-0.39, 0.29) is 17.5 Å². The Bertz CT molecular complexity index is 941. The third-order valence-electron chi connectivity index (χ3n) is 3.66. The fourth-order valence-electron chi connectivity index (χ4n) is 2.36. The molecular weight excluding hydrogens is 332 g/mol. The van der Waals surface area contributed by atoms with Crippen molar-refractivity contribution >= 4 is 17.7 Å². The Morgan fingerprint density at radius 2 is 1.65 bits per heavy atom. The Hall–Kier alpha value is -3.68. The lowest BCUT2D eigenvalue weighted by Crippen LogP contribution is -2.21. The quantitative estimate of drug-likeness (QED) is 0.665. The Morgan fingerprint density at radius 1 is 1.00 bits per heavy atom. The number of amides is 2. The number of rotatable bonds is 4. The summed E-state index contributed by atoms with van der Waals surface area (Å²) < 4.78 is 0. The number of primary amides is 1. The molecule has 0 unspecified atom stereocenters. The van der Waals surface area contributed by atoms with Crippen molar-refractivity contribution in [2.75, 3.05) is 24.3 Å². The van der Waals surface area contributed by atoms with E-state index in [0.717, 1.165) is 11.3 Å². The summed E-state index contributed by atoms with van der Waals surface area (Å²) in [7, 11) is 3.90. The van der Waals surface area contributed by atoms with Crippen molar-refractivity contribution in [3.63, 3.8) is 0 Å². The Kier molecular flexibility index (Phi) is 4.66. The van der Waals surface area contributed by atoms with E-state index in [9.17, 15) is 9.90 Å². The SMILES string of the molecule is CN(C)c1ccc(-c2nc(NC(N)=O)nc(-c3ccccc3O)n2)cc1. The smallest absolute Gasteiger partial charge is 0.319 e. The Morgan fingerprint density at radius 3 is 2.27 bits per heavy atom. The number of benzene rings is 2. The third kappa shape index (κ3) is 3.69. The monoisotopic (exact) mass is 350 g/mol. The van der Waals surface area contributed by atoms with Gasteiger partial charge in [0, 0.05) is 25.3 Å². The number of aromatic nitrogens is 3. The Labute approximate surface area is 150 Å². The maximum absolute atomic E-state index is 11.2. The molecule has 0 bridgehead atoms. The van der Waals surface area contributed by atoms with Crippen LogP contribution in [0, 0.1) is 0 Å². The van der Waals surface area contributed by atoms with Crippen LogP contribution in [0.3, 0.4) is 0 Å². The minimum absolute atomic E-state index is 0.0115. The highest BCUT2D eigenvalue weighted by Gasteiger charge is 2.14. The predicted molar refractivity (Wildman–Crippen MR) is 99.9 cm³/mol. The van der Waals surface area contributed by atoms with Crippen LogP contribution >= 0.6 is 0 Å². The number of phenols is 1. The number of para-hydroxylation sites is 1. The molecule has 0 saturated carbocycles. The molecule has 4 N–H and O–H groups in total. The number of carbonyl (C=O) groups is 1. The van der Waals surface area contributed by atoms with Crippen LogP contribution in [0.2, 0.25) is 0 Å². The molecule has 1 aromatic heterocycles. The molecule has 0 fully saturated rings. The molecule has 0 spiro atoms. The molecule has 0 radical (unpaired) electrons. The molecule has 3 aromatic rings. The van der Waals surface area contributed by atoms with Gasteiger partial charge in [0.2, 0.25) is 5.95 Å². The largest absolute Gasteiger partial charge is 0.507 e. The van der Waals surface area contributed by atoms with E-state index in [4.69, 9.17) is 5.73 Å². The van der Waals surface area contributed by atoms with E-state index in [0.29, 0.717) is 11.4 Å². The molecule has 26 heavy (non-hydrogen) atoms. The first-order valence-corrected chi connectivity index (χ1v) is 7.82. The van der Waals surface area contributed by atoms with E-state index in [2.05, 4.69) is 20.3 Å². The summed E-state index contributed by atoms with van der Waals surface area (Å²) in [5.41, 5.74) is 7.37. The molecule has 0 aliphatic carbocycles. The Balaban J connectivity index is 2.11. The zero-order valence-corrected chi connectivity index (χ0v) is 14.3. The van der Waals surface area contributed by atoms with Gasteiger partial charge < -0.3 is 15.7 Å². The van der Waals surface area contributed by atoms with Gasteiger partial charge in [0.05, 0.1) is 5.56 Å². The summed E-state index contributed by atoms with van der Waals surface area (Å²) in [4.78, 5) is 26.0. The number of carbonyl (C=O) groups excluding carboxylic acids is 1. The van der Waals surface area contributed by atoms with Crippen LogP contribution in [0.4, 0.5) is 16.4 Å². The van der Waals surface area contributed by atoms with Crippen molar-refractivity contribution in [2.45, 2.75) is 0 Å². The summed E-state index contributed by atoms with van der Waals surface area (Å²) in [5.74, 6) is 0.621. The molecule has 132 valence electrons. The van der Waals surface area contributed by atoms with E-state index < -0.39 is 6.03 Å². The minimum Gasteiger partial charge on any atom is -0.507 e. The lowest BCUT2D eigenvalue weighted by molar-refractivity contribution is 0.259.